The largest absolute Gasteiger partial charge is 0.374 e. The number of nitrogens with one attached hydrogen (secondary N) is 2. The van der Waals surface area contributed by atoms with Crippen molar-refractivity contribution in [2.45, 2.75) is 144 Å². The van der Waals surface area contributed by atoms with Gasteiger partial charge in [-0.2, -0.15) is 0 Å². The summed E-state index contributed by atoms with van der Waals surface area (Å²) in [6, 6.07) is 0.297. The van der Waals surface area contributed by atoms with Gasteiger partial charge >= 0.3 is 0 Å². The highest BCUT2D eigenvalue weighted by Crippen LogP contribution is 2.52. The fourth-order valence-corrected chi connectivity index (χ4v) is 11.2. The van der Waals surface area contributed by atoms with Crippen molar-refractivity contribution in [3.63, 3.8) is 0 Å². The number of likely N-dealkylation sites (tertiary alicyclic amines) is 2. The summed E-state index contributed by atoms with van der Waals surface area (Å²) in [7, 11) is 4.32. The van der Waals surface area contributed by atoms with Crippen LogP contribution in [-0.4, -0.2) is 127 Å². The monoisotopic (exact) mass is 641 g/mol. The number of ether oxygens (including phenoxy) is 2. The molecule has 5 aliphatic heterocycles. The number of amides is 1. The van der Waals surface area contributed by atoms with Crippen LogP contribution in [0.2, 0.25) is 0 Å². The van der Waals surface area contributed by atoms with E-state index in [0.29, 0.717) is 36.6 Å². The number of carbonyl (C=O) groups excluding carboxylic acids is 2. The minimum atomic E-state index is -1.20. The van der Waals surface area contributed by atoms with E-state index in [2.05, 4.69) is 39.4 Å². The summed E-state index contributed by atoms with van der Waals surface area (Å²) >= 11 is 0. The quantitative estimate of drug-likeness (QED) is 0.392. The first kappa shape index (κ1) is 31.7. The zero-order valence-corrected chi connectivity index (χ0v) is 28.0. The zero-order valence-electron chi connectivity index (χ0n) is 28.0. The SMILES string of the molecule is CN1CCCC1CCNC(=O)C1=CN2C3CC4OC5CCCCC5C4CC3OC3C(NCCC4CCCN4C)C(F)CC(C1=O)C32. The maximum Gasteiger partial charge on any atom is 0.256 e. The molecule has 46 heavy (non-hydrogen) atoms. The van der Waals surface area contributed by atoms with Gasteiger partial charge in [-0.3, -0.25) is 9.59 Å². The van der Waals surface area contributed by atoms with Gasteiger partial charge in [0.15, 0.2) is 5.78 Å². The molecule has 4 saturated heterocycles. The number of halogens is 1. The fourth-order valence-electron chi connectivity index (χ4n) is 11.2. The van der Waals surface area contributed by atoms with Gasteiger partial charge in [0.1, 0.15) is 6.17 Å². The van der Waals surface area contributed by atoms with Crippen LogP contribution >= 0.6 is 0 Å². The van der Waals surface area contributed by atoms with E-state index in [-0.39, 0.29) is 48.0 Å². The van der Waals surface area contributed by atoms with Crippen molar-refractivity contribution in [1.29, 1.82) is 0 Å². The maximum atomic E-state index is 16.3. The zero-order chi connectivity index (χ0) is 31.5. The molecule has 0 bridgehead atoms. The van der Waals surface area contributed by atoms with E-state index < -0.39 is 24.2 Å². The second kappa shape index (κ2) is 13.0. The van der Waals surface area contributed by atoms with Crippen LogP contribution in [0, 0.1) is 17.8 Å². The number of carbonyl (C=O) groups is 2. The molecule has 8 aliphatic rings. The van der Waals surface area contributed by atoms with E-state index in [9.17, 15) is 9.59 Å². The van der Waals surface area contributed by atoms with Gasteiger partial charge in [-0.1, -0.05) is 12.8 Å². The predicted molar refractivity (Wildman–Crippen MR) is 173 cm³/mol. The molecular weight excluding hydrogens is 585 g/mol. The lowest BCUT2D eigenvalue weighted by atomic mass is 9.67. The lowest BCUT2D eigenvalue weighted by molar-refractivity contribution is -0.209. The first-order chi connectivity index (χ1) is 22.4. The molecule has 0 aromatic rings. The molecule has 8 rings (SSSR count). The predicted octanol–water partition coefficient (Wildman–Crippen LogP) is 3.03. The van der Waals surface area contributed by atoms with Crippen LogP contribution in [0.25, 0.3) is 0 Å². The first-order valence-electron chi connectivity index (χ1n) is 18.8. The number of morpholine rings is 1. The Labute approximate surface area is 274 Å². The Kier molecular flexibility index (Phi) is 8.97. The van der Waals surface area contributed by atoms with Gasteiger partial charge in [0.05, 0.1) is 48.1 Å². The smallest absolute Gasteiger partial charge is 0.256 e. The molecule has 9 nitrogen and oxygen atoms in total. The van der Waals surface area contributed by atoms with Crippen LogP contribution < -0.4 is 10.6 Å². The molecule has 2 N–H and O–H groups in total. The number of Topliss-reactive ketones (excluding diaryl/α,β-unsaturated/α-hetero) is 1. The normalized spacial score (nSPS) is 45.5. The molecule has 1 amide bonds. The summed E-state index contributed by atoms with van der Waals surface area (Å²) in [4.78, 5) is 34.8. The summed E-state index contributed by atoms with van der Waals surface area (Å²) in [5.74, 6) is -0.0485. The molecule has 256 valence electrons. The van der Waals surface area contributed by atoms with E-state index in [1.54, 1.807) is 0 Å². The van der Waals surface area contributed by atoms with Gasteiger partial charge in [-0.25, -0.2) is 4.39 Å². The van der Waals surface area contributed by atoms with Crippen molar-refractivity contribution >= 4 is 11.7 Å². The minimum Gasteiger partial charge on any atom is -0.374 e. The van der Waals surface area contributed by atoms with Crippen LogP contribution in [0.5, 0.6) is 0 Å². The third-order valence-corrected chi connectivity index (χ3v) is 13.7. The van der Waals surface area contributed by atoms with Crippen molar-refractivity contribution in [3.05, 3.63) is 11.8 Å². The van der Waals surface area contributed by atoms with Gasteiger partial charge in [0.25, 0.3) is 5.91 Å². The van der Waals surface area contributed by atoms with Gasteiger partial charge < -0.3 is 34.8 Å². The van der Waals surface area contributed by atoms with Crippen LogP contribution in [-0.2, 0) is 19.1 Å². The van der Waals surface area contributed by atoms with Gasteiger partial charge in [-0.15, -0.1) is 0 Å². The highest BCUT2D eigenvalue weighted by Gasteiger charge is 2.61. The molecule has 0 radical (unpaired) electrons. The molecular formula is C36H56FN5O4. The molecule has 0 spiro atoms. The van der Waals surface area contributed by atoms with E-state index in [0.717, 1.165) is 58.2 Å². The average molecular weight is 642 g/mol. The Hall–Kier alpha value is -1.59. The molecule has 0 aromatic carbocycles. The minimum absolute atomic E-state index is 0.0251. The van der Waals surface area contributed by atoms with E-state index in [4.69, 9.17) is 9.47 Å². The first-order valence-corrected chi connectivity index (χ1v) is 18.8. The van der Waals surface area contributed by atoms with Crippen LogP contribution in [0.4, 0.5) is 4.39 Å². The van der Waals surface area contributed by atoms with Crippen molar-refractivity contribution < 1.29 is 23.5 Å². The van der Waals surface area contributed by atoms with Crippen LogP contribution in [0.1, 0.15) is 83.5 Å². The number of hydrogen-bond acceptors (Lipinski definition) is 8. The van der Waals surface area contributed by atoms with Crippen LogP contribution in [0.3, 0.4) is 0 Å². The Morgan fingerprint density at radius 2 is 1.61 bits per heavy atom. The number of alkyl halides is 1. The Morgan fingerprint density at radius 3 is 2.35 bits per heavy atom. The average Bonchev–Trinajstić information content (AvgIpc) is 3.76. The number of ketones is 1. The second-order valence-electron chi connectivity index (χ2n) is 16.1. The van der Waals surface area contributed by atoms with Crippen molar-refractivity contribution in [2.75, 3.05) is 40.3 Å². The molecule has 7 fully saturated rings. The fraction of sp³-hybridized carbons (Fsp3) is 0.889. The number of hydrogen-bond donors (Lipinski definition) is 2. The summed E-state index contributed by atoms with van der Waals surface area (Å²) in [5.41, 5.74) is 0.200. The Balaban J connectivity index is 1.04. The van der Waals surface area contributed by atoms with E-state index in [1.807, 2.05) is 6.20 Å². The summed E-state index contributed by atoms with van der Waals surface area (Å²) in [6.45, 7) is 3.50. The van der Waals surface area contributed by atoms with Gasteiger partial charge in [0.2, 0.25) is 0 Å². The third kappa shape index (κ3) is 5.65. The topological polar surface area (TPSA) is 86.4 Å². The van der Waals surface area contributed by atoms with E-state index in [1.165, 1.54) is 38.5 Å². The lowest BCUT2D eigenvalue weighted by Gasteiger charge is -2.60. The summed E-state index contributed by atoms with van der Waals surface area (Å²) in [5, 5.41) is 6.68. The molecule has 13 atom stereocenters. The standard InChI is InChI=1S/C36H56FN5O4/c1-40-15-5-7-21(40)11-13-38-32-27(37)17-25-33-35(32)46-31-18-24-23-9-3-4-10-29(23)45-30(24)19-28(31)42(33)20-26(34(25)43)36(44)39-14-12-22-8-6-16-41(22)2/h20-25,27-33,35,38H,3-19H2,1-2H3,(H,39,44). The molecule has 3 saturated carbocycles. The second-order valence-corrected chi connectivity index (χ2v) is 16.1. The Morgan fingerprint density at radius 1 is 0.870 bits per heavy atom. The highest BCUT2D eigenvalue weighted by atomic mass is 19.1. The number of rotatable bonds is 8. The summed E-state index contributed by atoms with van der Waals surface area (Å²) < 4.78 is 30.0. The molecule has 13 unspecified atom stereocenters. The van der Waals surface area contributed by atoms with Gasteiger partial charge in [0, 0.05) is 30.7 Å². The highest BCUT2D eigenvalue weighted by molar-refractivity contribution is 6.20. The molecule has 5 heterocycles. The Bertz CT molecular complexity index is 1190. The third-order valence-electron chi connectivity index (χ3n) is 13.7. The molecule has 10 heteroatoms. The summed E-state index contributed by atoms with van der Waals surface area (Å²) in [6.07, 6.45) is 14.1. The van der Waals surface area contributed by atoms with Gasteiger partial charge in [-0.05, 0) is 116 Å². The molecule has 3 aliphatic carbocycles. The van der Waals surface area contributed by atoms with Crippen LogP contribution in [0.15, 0.2) is 11.8 Å². The van der Waals surface area contributed by atoms with E-state index >= 15 is 4.39 Å². The van der Waals surface area contributed by atoms with Crippen molar-refractivity contribution in [3.8, 4) is 0 Å². The molecule has 0 aromatic heterocycles. The van der Waals surface area contributed by atoms with Crippen molar-refractivity contribution in [1.82, 2.24) is 25.3 Å². The van der Waals surface area contributed by atoms with Crippen molar-refractivity contribution in [2.24, 2.45) is 17.8 Å². The lowest BCUT2D eigenvalue weighted by Crippen LogP contribution is -2.73. The maximum absolute atomic E-state index is 16.3. The number of nitrogens with zero attached hydrogens (tertiary/aromatic N) is 3. The number of fused-ring (bicyclic) bond motifs is 5.